The van der Waals surface area contributed by atoms with E-state index in [0.717, 1.165) is 48.5 Å². The summed E-state index contributed by atoms with van der Waals surface area (Å²) in [6, 6.07) is 15.9. The standard InChI is InChI=1S/C35H44FN5O5Si/c1-40-16-13-26(14-17-40)38-34(42)29(39-35(43)44)21-24-10-11-30(28(36)20-24)46-31-12-15-37-33-32(31)27(25-8-6-5-7-9-25)22-41(33)23-45-18-19-47(2,3)4/h5-12,15,20,22,26,29,39H,13-14,16-19,21,23H2,1-4H3,(H,38,42)(H,43,44)/t29-/m0/s1. The van der Waals surface area contributed by atoms with Crippen LogP contribution in [0.15, 0.2) is 67.0 Å². The summed E-state index contributed by atoms with van der Waals surface area (Å²) in [4.78, 5) is 31.4. The molecule has 4 aromatic rings. The number of fused-ring (bicyclic) bond motifs is 1. The molecule has 12 heteroatoms. The number of rotatable bonds is 13. The summed E-state index contributed by atoms with van der Waals surface area (Å²) in [5, 5.41) is 15.4. The summed E-state index contributed by atoms with van der Waals surface area (Å²) in [6.45, 7) is 9.61. The fourth-order valence-corrected chi connectivity index (χ4v) is 6.43. The Morgan fingerprint density at radius 3 is 2.51 bits per heavy atom. The maximum Gasteiger partial charge on any atom is 0.405 e. The lowest BCUT2D eigenvalue weighted by Gasteiger charge is -2.30. The number of carbonyl (C=O) groups excluding carboxylic acids is 1. The molecule has 2 aromatic heterocycles. The number of piperidine rings is 1. The number of benzene rings is 2. The number of carboxylic acid groups (broad SMARTS) is 1. The second kappa shape index (κ2) is 15.1. The average Bonchev–Trinajstić information content (AvgIpc) is 3.40. The number of hydrogen-bond donors (Lipinski definition) is 3. The minimum Gasteiger partial charge on any atom is -0.465 e. The molecule has 0 aliphatic carbocycles. The van der Waals surface area contributed by atoms with Crippen LogP contribution in [0.25, 0.3) is 22.2 Å². The van der Waals surface area contributed by atoms with E-state index < -0.39 is 31.9 Å². The van der Waals surface area contributed by atoms with Gasteiger partial charge in [0.05, 0.1) is 5.39 Å². The predicted molar refractivity (Wildman–Crippen MR) is 183 cm³/mol. The third kappa shape index (κ3) is 9.18. The van der Waals surface area contributed by atoms with E-state index in [1.54, 1.807) is 18.3 Å². The van der Waals surface area contributed by atoms with Crippen LogP contribution < -0.4 is 15.4 Å². The number of amides is 2. The number of pyridine rings is 1. The minimum absolute atomic E-state index is 0.00193. The molecule has 1 aliphatic heterocycles. The second-order valence-corrected chi connectivity index (χ2v) is 19.0. The van der Waals surface area contributed by atoms with Gasteiger partial charge in [0.25, 0.3) is 0 Å². The van der Waals surface area contributed by atoms with Gasteiger partial charge < -0.3 is 34.7 Å². The molecule has 2 amide bonds. The van der Waals surface area contributed by atoms with Crippen LogP contribution in [-0.4, -0.2) is 78.5 Å². The van der Waals surface area contributed by atoms with Gasteiger partial charge in [0.15, 0.2) is 11.6 Å². The maximum absolute atomic E-state index is 15.6. The third-order valence-electron chi connectivity index (χ3n) is 8.37. The number of carbonyl (C=O) groups is 2. The highest BCUT2D eigenvalue weighted by molar-refractivity contribution is 6.76. The van der Waals surface area contributed by atoms with Gasteiger partial charge >= 0.3 is 6.09 Å². The fourth-order valence-electron chi connectivity index (χ4n) is 5.67. The average molecular weight is 662 g/mol. The zero-order valence-electron chi connectivity index (χ0n) is 27.5. The molecule has 1 atom stereocenters. The number of nitrogens with zero attached hydrogens (tertiary/aromatic N) is 3. The predicted octanol–water partition coefficient (Wildman–Crippen LogP) is 6.34. The Morgan fingerprint density at radius 2 is 1.83 bits per heavy atom. The van der Waals surface area contributed by atoms with Crippen LogP contribution >= 0.6 is 0 Å². The Kier molecular flexibility index (Phi) is 10.9. The molecule has 1 aliphatic rings. The van der Waals surface area contributed by atoms with E-state index in [-0.39, 0.29) is 18.2 Å². The molecule has 3 heterocycles. The molecular formula is C35H44FN5O5Si. The molecular weight excluding hydrogens is 617 g/mol. The van der Waals surface area contributed by atoms with Crippen molar-refractivity contribution in [3.8, 4) is 22.6 Å². The molecule has 1 fully saturated rings. The summed E-state index contributed by atoms with van der Waals surface area (Å²) >= 11 is 0. The number of halogens is 1. The first-order valence-electron chi connectivity index (χ1n) is 16.0. The largest absolute Gasteiger partial charge is 0.465 e. The van der Waals surface area contributed by atoms with E-state index in [1.165, 1.54) is 12.1 Å². The number of nitrogens with one attached hydrogen (secondary N) is 2. The number of likely N-dealkylation sites (tertiary alicyclic amines) is 1. The zero-order chi connectivity index (χ0) is 33.6. The van der Waals surface area contributed by atoms with Crippen LogP contribution in [0.5, 0.6) is 11.5 Å². The molecule has 250 valence electrons. The Morgan fingerprint density at radius 1 is 1.09 bits per heavy atom. The summed E-state index contributed by atoms with van der Waals surface area (Å²) in [5.74, 6) is -0.626. The van der Waals surface area contributed by atoms with Gasteiger partial charge in [0.1, 0.15) is 24.2 Å². The molecule has 5 rings (SSSR count). The van der Waals surface area contributed by atoms with Gasteiger partial charge in [-0.2, -0.15) is 0 Å². The fraction of sp³-hybridized carbons (Fsp3) is 0.400. The Hall–Kier alpha value is -4.26. The summed E-state index contributed by atoms with van der Waals surface area (Å²) < 4.78 is 29.8. The smallest absolute Gasteiger partial charge is 0.405 e. The van der Waals surface area contributed by atoms with Crippen molar-refractivity contribution in [2.75, 3.05) is 26.7 Å². The maximum atomic E-state index is 15.6. The van der Waals surface area contributed by atoms with Crippen LogP contribution in [-0.2, 0) is 22.7 Å². The highest BCUT2D eigenvalue weighted by Gasteiger charge is 2.26. The third-order valence-corrected chi connectivity index (χ3v) is 10.1. The van der Waals surface area contributed by atoms with Gasteiger partial charge in [0.2, 0.25) is 5.91 Å². The van der Waals surface area contributed by atoms with Crippen LogP contribution in [0, 0.1) is 5.82 Å². The van der Waals surface area contributed by atoms with E-state index in [9.17, 15) is 14.7 Å². The van der Waals surface area contributed by atoms with E-state index in [4.69, 9.17) is 9.47 Å². The summed E-state index contributed by atoms with van der Waals surface area (Å²) in [7, 11) is 0.776. The quantitative estimate of drug-likeness (QED) is 0.113. The molecule has 0 radical (unpaired) electrons. The van der Waals surface area contributed by atoms with Crippen molar-refractivity contribution >= 4 is 31.1 Å². The SMILES string of the molecule is CN1CCC(NC(=O)[C@H](Cc2ccc(Oc3ccnc4c3c(-c3ccccc3)cn4COCC[Si](C)(C)C)c(F)c2)NC(=O)O)CC1. The summed E-state index contributed by atoms with van der Waals surface area (Å²) in [5.41, 5.74) is 2.96. The normalized spacial score (nSPS) is 15.0. The zero-order valence-corrected chi connectivity index (χ0v) is 28.5. The lowest BCUT2D eigenvalue weighted by atomic mass is 10.0. The van der Waals surface area contributed by atoms with Gasteiger partial charge in [-0.05, 0) is 68.3 Å². The molecule has 2 aromatic carbocycles. The summed E-state index contributed by atoms with van der Waals surface area (Å²) in [6.07, 6.45) is 3.85. The van der Waals surface area contributed by atoms with Crippen molar-refractivity contribution in [1.82, 2.24) is 25.1 Å². The molecule has 3 N–H and O–H groups in total. The molecule has 0 spiro atoms. The highest BCUT2D eigenvalue weighted by Crippen LogP contribution is 2.38. The minimum atomic E-state index is -1.32. The highest BCUT2D eigenvalue weighted by atomic mass is 28.3. The van der Waals surface area contributed by atoms with Crippen LogP contribution in [0.2, 0.25) is 25.7 Å². The van der Waals surface area contributed by atoms with Crippen molar-refractivity contribution < 1.29 is 28.6 Å². The van der Waals surface area contributed by atoms with Gasteiger partial charge in [0, 0.05) is 45.1 Å². The van der Waals surface area contributed by atoms with Crippen molar-refractivity contribution in [2.45, 2.75) is 63.8 Å². The van der Waals surface area contributed by atoms with Gasteiger partial charge in [-0.15, -0.1) is 0 Å². The Bertz CT molecular complexity index is 1690. The first kappa shape index (κ1) is 34.1. The molecule has 1 saturated heterocycles. The Balaban J connectivity index is 1.36. The molecule has 0 unspecified atom stereocenters. The van der Waals surface area contributed by atoms with Crippen molar-refractivity contribution in [3.63, 3.8) is 0 Å². The van der Waals surface area contributed by atoms with E-state index >= 15 is 4.39 Å². The monoisotopic (exact) mass is 661 g/mol. The molecule has 0 bridgehead atoms. The van der Waals surface area contributed by atoms with Crippen molar-refractivity contribution in [1.29, 1.82) is 0 Å². The van der Waals surface area contributed by atoms with Crippen molar-refractivity contribution in [2.24, 2.45) is 0 Å². The first-order chi connectivity index (χ1) is 22.5. The van der Waals surface area contributed by atoms with Crippen LogP contribution in [0.4, 0.5) is 9.18 Å². The lowest BCUT2D eigenvalue weighted by molar-refractivity contribution is -0.124. The lowest BCUT2D eigenvalue weighted by Crippen LogP contribution is -2.52. The van der Waals surface area contributed by atoms with Crippen LogP contribution in [0.3, 0.4) is 0 Å². The van der Waals surface area contributed by atoms with E-state index in [1.807, 2.05) is 48.1 Å². The van der Waals surface area contributed by atoms with Gasteiger partial charge in [-0.1, -0.05) is 56.0 Å². The molecule has 10 nitrogen and oxygen atoms in total. The van der Waals surface area contributed by atoms with E-state index in [0.29, 0.717) is 30.3 Å². The van der Waals surface area contributed by atoms with E-state index in [2.05, 4.69) is 40.2 Å². The first-order valence-corrected chi connectivity index (χ1v) is 19.7. The molecule has 0 saturated carbocycles. The molecule has 47 heavy (non-hydrogen) atoms. The number of hydrogen-bond acceptors (Lipinski definition) is 6. The van der Waals surface area contributed by atoms with Gasteiger partial charge in [-0.3, -0.25) is 4.79 Å². The topological polar surface area (TPSA) is 118 Å². The van der Waals surface area contributed by atoms with Crippen LogP contribution in [0.1, 0.15) is 18.4 Å². The second-order valence-electron chi connectivity index (χ2n) is 13.4. The number of aromatic nitrogens is 2. The van der Waals surface area contributed by atoms with Gasteiger partial charge in [-0.25, -0.2) is 14.2 Å². The van der Waals surface area contributed by atoms with Crippen molar-refractivity contribution in [3.05, 3.63) is 78.4 Å². The Labute approximate surface area is 275 Å². The number of ether oxygens (including phenoxy) is 2.